The highest BCUT2D eigenvalue weighted by Crippen LogP contribution is 2.24. The van der Waals surface area contributed by atoms with Crippen LogP contribution in [0.25, 0.3) is 22.2 Å². The Bertz CT molecular complexity index is 1440. The summed E-state index contributed by atoms with van der Waals surface area (Å²) < 4.78 is 3.41. The van der Waals surface area contributed by atoms with Crippen molar-refractivity contribution >= 4 is 16.9 Å². The van der Waals surface area contributed by atoms with Gasteiger partial charge in [-0.25, -0.2) is 4.98 Å². The van der Waals surface area contributed by atoms with Crippen molar-refractivity contribution in [2.45, 2.75) is 32.9 Å². The van der Waals surface area contributed by atoms with Crippen LogP contribution in [0.1, 0.15) is 30.3 Å². The summed E-state index contributed by atoms with van der Waals surface area (Å²) in [5.41, 5.74) is 4.45. The van der Waals surface area contributed by atoms with E-state index in [1.165, 1.54) is 9.47 Å². The number of aromatic nitrogens is 3. The standard InChI is InChI=1S/C27H27N5O2/c1-4-7-24-29-23-14-15-31(18-25(33)30(2)3)27(34)26(23)32(24)17-19-10-12-20(13-11-19)22-9-6-5-8-21(22)16-28/h5-6,8-15H,4,7,17-18H2,1-3H3. The van der Waals surface area contributed by atoms with Crippen molar-refractivity contribution in [3.05, 3.63) is 88.1 Å². The number of fused-ring (bicyclic) bond motifs is 1. The predicted octanol–water partition coefficient (Wildman–Crippen LogP) is 3.83. The second-order valence-corrected chi connectivity index (χ2v) is 8.49. The molecule has 4 rings (SSSR count). The first-order valence-corrected chi connectivity index (χ1v) is 11.3. The van der Waals surface area contributed by atoms with Gasteiger partial charge in [-0.1, -0.05) is 49.4 Å². The summed E-state index contributed by atoms with van der Waals surface area (Å²) in [6.07, 6.45) is 3.29. The zero-order valence-electron chi connectivity index (χ0n) is 19.7. The molecule has 0 aliphatic rings. The van der Waals surface area contributed by atoms with E-state index in [9.17, 15) is 14.9 Å². The number of amides is 1. The molecular weight excluding hydrogens is 426 g/mol. The smallest absolute Gasteiger partial charge is 0.277 e. The highest BCUT2D eigenvalue weighted by atomic mass is 16.2. The van der Waals surface area contributed by atoms with Gasteiger partial charge in [-0.15, -0.1) is 0 Å². The summed E-state index contributed by atoms with van der Waals surface area (Å²) >= 11 is 0. The molecule has 4 aromatic rings. The summed E-state index contributed by atoms with van der Waals surface area (Å²) in [6.45, 7) is 2.56. The Balaban J connectivity index is 1.73. The Morgan fingerprint density at radius 2 is 1.82 bits per heavy atom. The lowest BCUT2D eigenvalue weighted by Crippen LogP contribution is -2.31. The van der Waals surface area contributed by atoms with Crippen molar-refractivity contribution in [2.75, 3.05) is 14.1 Å². The molecule has 2 aromatic carbocycles. The third kappa shape index (κ3) is 4.48. The Kier molecular flexibility index (Phi) is 6.60. The number of carbonyl (C=O) groups is 1. The molecule has 7 heteroatoms. The maximum atomic E-state index is 13.3. The molecule has 0 saturated carbocycles. The Hall–Kier alpha value is -4.18. The van der Waals surface area contributed by atoms with E-state index in [4.69, 9.17) is 4.98 Å². The van der Waals surface area contributed by atoms with E-state index in [-0.39, 0.29) is 18.0 Å². The summed E-state index contributed by atoms with van der Waals surface area (Å²) in [7, 11) is 3.35. The molecule has 2 aromatic heterocycles. The molecule has 1 amide bonds. The van der Waals surface area contributed by atoms with Gasteiger partial charge in [0.1, 0.15) is 17.9 Å². The van der Waals surface area contributed by atoms with Crippen LogP contribution in [0.2, 0.25) is 0 Å². The molecule has 7 nitrogen and oxygen atoms in total. The maximum Gasteiger partial charge on any atom is 0.277 e. The fourth-order valence-corrected chi connectivity index (χ4v) is 4.03. The zero-order chi connectivity index (χ0) is 24.2. The van der Waals surface area contributed by atoms with Gasteiger partial charge in [0.2, 0.25) is 5.91 Å². The van der Waals surface area contributed by atoms with Crippen LogP contribution in [0.3, 0.4) is 0 Å². The average molecular weight is 454 g/mol. The Labute approximate surface area is 198 Å². The Morgan fingerprint density at radius 1 is 1.09 bits per heavy atom. The molecule has 0 spiro atoms. The summed E-state index contributed by atoms with van der Waals surface area (Å²) in [6, 6.07) is 19.6. The minimum absolute atomic E-state index is 0.0109. The third-order valence-corrected chi connectivity index (χ3v) is 5.88. The van der Waals surface area contributed by atoms with Gasteiger partial charge in [0.15, 0.2) is 0 Å². The number of benzene rings is 2. The first-order valence-electron chi connectivity index (χ1n) is 11.3. The van der Waals surface area contributed by atoms with Crippen molar-refractivity contribution < 1.29 is 4.79 Å². The monoisotopic (exact) mass is 453 g/mol. The predicted molar refractivity (Wildman–Crippen MR) is 132 cm³/mol. The van der Waals surface area contributed by atoms with E-state index < -0.39 is 0 Å². The van der Waals surface area contributed by atoms with E-state index in [1.807, 2.05) is 53.1 Å². The van der Waals surface area contributed by atoms with E-state index in [2.05, 4.69) is 13.0 Å². The van der Waals surface area contributed by atoms with E-state index in [1.54, 1.807) is 26.4 Å². The lowest BCUT2D eigenvalue weighted by molar-refractivity contribution is -0.129. The first kappa shape index (κ1) is 23.0. The molecule has 0 unspecified atom stereocenters. The number of hydrogen-bond acceptors (Lipinski definition) is 4. The van der Waals surface area contributed by atoms with Crippen molar-refractivity contribution in [1.29, 1.82) is 5.26 Å². The van der Waals surface area contributed by atoms with E-state index >= 15 is 0 Å². The quantitative estimate of drug-likeness (QED) is 0.426. The number of rotatable bonds is 7. The van der Waals surface area contributed by atoms with Crippen molar-refractivity contribution in [1.82, 2.24) is 19.0 Å². The highest BCUT2D eigenvalue weighted by Gasteiger charge is 2.17. The van der Waals surface area contributed by atoms with Crippen LogP contribution in [0.15, 0.2) is 65.6 Å². The summed E-state index contributed by atoms with van der Waals surface area (Å²) in [5, 5.41) is 9.40. The number of likely N-dealkylation sites (N-methyl/N-ethyl adjacent to an activating group) is 1. The first-order chi connectivity index (χ1) is 16.4. The zero-order valence-corrected chi connectivity index (χ0v) is 19.7. The molecule has 0 N–H and O–H groups in total. The second-order valence-electron chi connectivity index (χ2n) is 8.49. The van der Waals surface area contributed by atoms with Gasteiger partial charge in [-0.3, -0.25) is 9.59 Å². The van der Waals surface area contributed by atoms with Gasteiger partial charge in [0, 0.05) is 33.3 Å². The van der Waals surface area contributed by atoms with Crippen LogP contribution in [-0.4, -0.2) is 39.0 Å². The number of aryl methyl sites for hydroxylation is 1. The fourth-order valence-electron chi connectivity index (χ4n) is 4.03. The number of nitriles is 1. The molecule has 0 atom stereocenters. The molecule has 2 heterocycles. The molecule has 172 valence electrons. The molecule has 34 heavy (non-hydrogen) atoms. The highest BCUT2D eigenvalue weighted by molar-refractivity contribution is 5.78. The molecule has 0 saturated heterocycles. The van der Waals surface area contributed by atoms with Crippen molar-refractivity contribution in [2.24, 2.45) is 0 Å². The lowest BCUT2D eigenvalue weighted by Gasteiger charge is -2.13. The summed E-state index contributed by atoms with van der Waals surface area (Å²) in [4.78, 5) is 31.7. The maximum absolute atomic E-state index is 13.3. The van der Waals surface area contributed by atoms with Crippen LogP contribution in [0.4, 0.5) is 0 Å². The number of pyridine rings is 1. The van der Waals surface area contributed by atoms with Crippen LogP contribution < -0.4 is 5.56 Å². The van der Waals surface area contributed by atoms with Gasteiger partial charge in [0.05, 0.1) is 17.1 Å². The Morgan fingerprint density at radius 3 is 2.50 bits per heavy atom. The molecule has 0 bridgehead atoms. The number of nitrogens with zero attached hydrogens (tertiary/aromatic N) is 5. The van der Waals surface area contributed by atoms with Crippen LogP contribution in [0, 0.1) is 11.3 Å². The van der Waals surface area contributed by atoms with Gasteiger partial charge in [-0.2, -0.15) is 5.26 Å². The fraction of sp³-hybridized carbons (Fsp3) is 0.259. The average Bonchev–Trinajstić information content (AvgIpc) is 3.19. The topological polar surface area (TPSA) is 83.9 Å². The van der Waals surface area contributed by atoms with Crippen LogP contribution in [0.5, 0.6) is 0 Å². The van der Waals surface area contributed by atoms with Gasteiger partial charge in [-0.05, 0) is 35.2 Å². The molecule has 0 radical (unpaired) electrons. The second kappa shape index (κ2) is 9.75. The van der Waals surface area contributed by atoms with Crippen LogP contribution >= 0.6 is 0 Å². The minimum Gasteiger partial charge on any atom is -0.347 e. The lowest BCUT2D eigenvalue weighted by atomic mass is 9.99. The van der Waals surface area contributed by atoms with Crippen molar-refractivity contribution in [3.63, 3.8) is 0 Å². The summed E-state index contributed by atoms with van der Waals surface area (Å²) in [5.74, 6) is 0.708. The molecule has 0 aliphatic carbocycles. The number of carbonyl (C=O) groups excluding carboxylic acids is 1. The molecule has 0 fully saturated rings. The van der Waals surface area contributed by atoms with Crippen LogP contribution in [-0.2, 0) is 24.3 Å². The number of imidazole rings is 1. The minimum atomic E-state index is -0.220. The van der Waals surface area contributed by atoms with Gasteiger partial charge < -0.3 is 14.0 Å². The molecular formula is C27H27N5O2. The van der Waals surface area contributed by atoms with Crippen molar-refractivity contribution in [3.8, 4) is 17.2 Å². The van der Waals surface area contributed by atoms with E-state index in [0.717, 1.165) is 35.4 Å². The van der Waals surface area contributed by atoms with E-state index in [0.29, 0.717) is 23.1 Å². The van der Waals surface area contributed by atoms with Gasteiger partial charge >= 0.3 is 0 Å². The normalized spacial score (nSPS) is 10.9. The molecule has 0 aliphatic heterocycles. The SMILES string of the molecule is CCCc1nc2ccn(CC(=O)N(C)C)c(=O)c2n1Cc1ccc(-c2ccccc2C#N)cc1. The number of hydrogen-bond donors (Lipinski definition) is 0. The third-order valence-electron chi connectivity index (χ3n) is 5.88. The van der Waals surface area contributed by atoms with Gasteiger partial charge in [0.25, 0.3) is 5.56 Å². The largest absolute Gasteiger partial charge is 0.347 e.